The van der Waals surface area contributed by atoms with Crippen LogP contribution >= 0.6 is 0 Å². The third-order valence-corrected chi connectivity index (χ3v) is 7.31. The SMILES string of the molecule is CC1(C)c2cc(O)c(O)cc2C2(CCc3cc(O)c(O)cc32)C1(C)C. The van der Waals surface area contributed by atoms with E-state index in [1.54, 1.807) is 24.3 Å². The number of phenols is 4. The number of hydrogen-bond donors (Lipinski definition) is 4. The first-order valence-corrected chi connectivity index (χ1v) is 8.66. The van der Waals surface area contributed by atoms with Crippen molar-refractivity contribution in [1.29, 1.82) is 0 Å². The molecule has 4 rings (SSSR count). The molecule has 2 aromatic rings. The molecule has 1 unspecified atom stereocenters. The summed E-state index contributed by atoms with van der Waals surface area (Å²) in [5.41, 5.74) is 3.19. The van der Waals surface area contributed by atoms with Crippen molar-refractivity contribution in [3.8, 4) is 23.0 Å². The number of hydrogen-bond acceptors (Lipinski definition) is 4. The largest absolute Gasteiger partial charge is 0.504 e. The van der Waals surface area contributed by atoms with Gasteiger partial charge in [-0.3, -0.25) is 0 Å². The molecular weight excluding hydrogens is 316 g/mol. The Bertz CT molecular complexity index is 911. The maximum absolute atomic E-state index is 10.2. The number of aryl methyl sites for hydroxylation is 1. The van der Waals surface area contributed by atoms with E-state index < -0.39 is 5.41 Å². The topological polar surface area (TPSA) is 80.9 Å². The van der Waals surface area contributed by atoms with E-state index in [1.165, 1.54) is 0 Å². The molecular formula is C21H24O4. The van der Waals surface area contributed by atoms with Crippen LogP contribution in [-0.4, -0.2) is 20.4 Å². The van der Waals surface area contributed by atoms with Crippen LogP contribution in [0.25, 0.3) is 0 Å². The molecule has 0 fully saturated rings. The van der Waals surface area contributed by atoms with Gasteiger partial charge in [0.05, 0.1) is 0 Å². The molecule has 4 nitrogen and oxygen atoms in total. The lowest BCUT2D eigenvalue weighted by molar-refractivity contribution is 0.127. The summed E-state index contributed by atoms with van der Waals surface area (Å²) in [5.74, 6) is -0.445. The summed E-state index contributed by atoms with van der Waals surface area (Å²) in [4.78, 5) is 0. The van der Waals surface area contributed by atoms with Crippen LogP contribution < -0.4 is 0 Å². The van der Waals surface area contributed by atoms with Crippen molar-refractivity contribution in [1.82, 2.24) is 0 Å². The highest BCUT2D eigenvalue weighted by Gasteiger charge is 2.64. The Balaban J connectivity index is 2.12. The van der Waals surface area contributed by atoms with E-state index in [4.69, 9.17) is 0 Å². The van der Waals surface area contributed by atoms with Gasteiger partial charge in [0, 0.05) is 5.41 Å². The van der Waals surface area contributed by atoms with Gasteiger partial charge in [-0.25, -0.2) is 0 Å². The summed E-state index contributed by atoms with van der Waals surface area (Å²) in [6.07, 6.45) is 1.63. The zero-order valence-corrected chi connectivity index (χ0v) is 15.0. The molecule has 0 amide bonds. The summed E-state index contributed by atoms with van der Waals surface area (Å²) >= 11 is 0. The van der Waals surface area contributed by atoms with Crippen molar-refractivity contribution in [2.75, 3.05) is 0 Å². The van der Waals surface area contributed by atoms with Gasteiger partial charge in [0.25, 0.3) is 0 Å². The average Bonchev–Trinajstić information content (AvgIpc) is 2.94. The molecule has 4 N–H and O–H groups in total. The van der Waals surface area contributed by atoms with Crippen LogP contribution in [-0.2, 0) is 17.3 Å². The Morgan fingerprint density at radius 2 is 1.16 bits per heavy atom. The number of phenolic OH excluding ortho intramolecular Hbond substituents is 4. The second-order valence-electron chi connectivity index (χ2n) is 8.54. The van der Waals surface area contributed by atoms with Crippen LogP contribution in [0.15, 0.2) is 24.3 Å². The molecule has 1 spiro atoms. The van der Waals surface area contributed by atoms with Crippen LogP contribution in [0.1, 0.15) is 56.4 Å². The first kappa shape index (κ1) is 16.1. The molecule has 0 aliphatic heterocycles. The normalized spacial score (nSPS) is 25.1. The number of rotatable bonds is 0. The van der Waals surface area contributed by atoms with Crippen molar-refractivity contribution in [3.05, 3.63) is 46.5 Å². The zero-order chi connectivity index (χ0) is 18.4. The van der Waals surface area contributed by atoms with Gasteiger partial charge in [0.2, 0.25) is 0 Å². The van der Waals surface area contributed by atoms with Gasteiger partial charge in [-0.15, -0.1) is 0 Å². The number of benzene rings is 2. The lowest BCUT2D eigenvalue weighted by Crippen LogP contribution is -2.45. The molecule has 0 saturated heterocycles. The predicted molar refractivity (Wildman–Crippen MR) is 95.5 cm³/mol. The fraction of sp³-hybridized carbons (Fsp3) is 0.429. The quantitative estimate of drug-likeness (QED) is 0.545. The smallest absolute Gasteiger partial charge is 0.157 e. The summed E-state index contributed by atoms with van der Waals surface area (Å²) in [6, 6.07) is 6.69. The molecule has 1 atom stereocenters. The highest BCUT2D eigenvalue weighted by atomic mass is 16.3. The molecule has 132 valence electrons. The van der Waals surface area contributed by atoms with Crippen LogP contribution in [0.4, 0.5) is 0 Å². The minimum atomic E-state index is -0.391. The number of fused-ring (bicyclic) bond motifs is 4. The summed E-state index contributed by atoms with van der Waals surface area (Å²) in [6.45, 7) is 8.74. The second-order valence-corrected chi connectivity index (χ2v) is 8.54. The maximum Gasteiger partial charge on any atom is 0.157 e. The molecule has 4 heteroatoms. The van der Waals surface area contributed by atoms with Gasteiger partial charge in [0.15, 0.2) is 23.0 Å². The van der Waals surface area contributed by atoms with E-state index in [0.29, 0.717) is 0 Å². The van der Waals surface area contributed by atoms with Gasteiger partial charge >= 0.3 is 0 Å². The molecule has 0 aromatic heterocycles. The van der Waals surface area contributed by atoms with Gasteiger partial charge in [-0.1, -0.05) is 27.7 Å². The van der Waals surface area contributed by atoms with Gasteiger partial charge in [-0.05, 0) is 70.2 Å². The first-order valence-electron chi connectivity index (χ1n) is 8.66. The Morgan fingerprint density at radius 3 is 1.76 bits per heavy atom. The monoisotopic (exact) mass is 340 g/mol. The van der Waals surface area contributed by atoms with E-state index in [9.17, 15) is 20.4 Å². The molecule has 2 aromatic carbocycles. The Hall–Kier alpha value is -2.36. The van der Waals surface area contributed by atoms with Crippen LogP contribution in [0, 0.1) is 5.41 Å². The van der Waals surface area contributed by atoms with E-state index in [1.807, 2.05) is 0 Å². The van der Waals surface area contributed by atoms with E-state index in [0.717, 1.165) is 35.1 Å². The van der Waals surface area contributed by atoms with E-state index in [2.05, 4.69) is 27.7 Å². The fourth-order valence-electron chi connectivity index (χ4n) is 5.26. The fourth-order valence-corrected chi connectivity index (χ4v) is 5.26. The van der Waals surface area contributed by atoms with E-state index in [-0.39, 0.29) is 33.8 Å². The third-order valence-electron chi connectivity index (χ3n) is 7.31. The van der Waals surface area contributed by atoms with Crippen molar-refractivity contribution in [2.45, 2.75) is 51.4 Å². The highest BCUT2D eigenvalue weighted by Crippen LogP contribution is 2.69. The average molecular weight is 340 g/mol. The third kappa shape index (κ3) is 1.63. The second kappa shape index (κ2) is 4.43. The lowest BCUT2D eigenvalue weighted by atomic mass is 9.55. The van der Waals surface area contributed by atoms with E-state index >= 15 is 0 Å². The van der Waals surface area contributed by atoms with Crippen molar-refractivity contribution < 1.29 is 20.4 Å². The van der Waals surface area contributed by atoms with Gasteiger partial charge in [-0.2, -0.15) is 0 Å². The molecule has 0 heterocycles. The van der Waals surface area contributed by atoms with Crippen molar-refractivity contribution in [3.63, 3.8) is 0 Å². The Labute approximate surface area is 147 Å². The minimum absolute atomic E-state index is 0.0976. The standard InChI is InChI=1S/C21H24O4/c1-19(2)13-9-17(24)18(25)10-14(13)21(20(19,3)4)6-5-11-7-15(22)16(23)8-12(11)21/h7-10,22-25H,5-6H2,1-4H3. The highest BCUT2D eigenvalue weighted by molar-refractivity contribution is 5.65. The molecule has 25 heavy (non-hydrogen) atoms. The maximum atomic E-state index is 10.2. The summed E-state index contributed by atoms with van der Waals surface area (Å²) in [5, 5.41) is 40.3. The number of aromatic hydroxyl groups is 4. The van der Waals surface area contributed by atoms with Crippen molar-refractivity contribution >= 4 is 0 Å². The molecule has 0 bridgehead atoms. The zero-order valence-electron chi connectivity index (χ0n) is 15.0. The Kier molecular flexibility index (Phi) is 2.85. The van der Waals surface area contributed by atoms with Crippen molar-refractivity contribution in [2.24, 2.45) is 5.41 Å². The van der Waals surface area contributed by atoms with Crippen LogP contribution in [0.2, 0.25) is 0 Å². The Morgan fingerprint density at radius 1 is 0.680 bits per heavy atom. The minimum Gasteiger partial charge on any atom is -0.504 e. The van der Waals surface area contributed by atoms with Crippen LogP contribution in [0.3, 0.4) is 0 Å². The summed E-state index contributed by atoms with van der Waals surface area (Å²) in [7, 11) is 0. The molecule has 0 saturated carbocycles. The molecule has 2 aliphatic rings. The van der Waals surface area contributed by atoms with Gasteiger partial charge < -0.3 is 20.4 Å². The molecule has 2 aliphatic carbocycles. The summed E-state index contributed by atoms with van der Waals surface area (Å²) < 4.78 is 0. The lowest BCUT2D eigenvalue weighted by Gasteiger charge is -2.47. The van der Waals surface area contributed by atoms with Crippen LogP contribution in [0.5, 0.6) is 23.0 Å². The predicted octanol–water partition coefficient (Wildman–Crippen LogP) is 4.06. The van der Waals surface area contributed by atoms with Gasteiger partial charge in [0.1, 0.15) is 0 Å². The first-order chi connectivity index (χ1) is 11.5. The molecule has 0 radical (unpaired) electrons.